The fraction of sp³-hybridized carbons (Fsp3) is 0.143. The molecule has 4 aromatic rings. The Hall–Kier alpha value is -3.59. The van der Waals surface area contributed by atoms with E-state index in [1.54, 1.807) is 35.1 Å². The molecule has 3 N–H and O–H groups in total. The van der Waals surface area contributed by atoms with Gasteiger partial charge in [-0.25, -0.2) is 17.9 Å². The van der Waals surface area contributed by atoms with Crippen LogP contribution < -0.4 is 10.0 Å². The third-order valence-corrected chi connectivity index (χ3v) is 5.27. The lowest BCUT2D eigenvalue weighted by molar-refractivity contribution is 0.471. The van der Waals surface area contributed by atoms with Gasteiger partial charge in [-0.05, 0) is 60.9 Å². The monoisotopic (exact) mass is 423 g/mol. The first kappa shape index (κ1) is 19.7. The molecule has 0 aliphatic rings. The minimum absolute atomic E-state index is 0.239. The second-order valence-electron chi connectivity index (χ2n) is 7.17. The minimum atomic E-state index is -3.38. The SMILES string of the molecule is Cc1cc(-c2cnn3ccc(Nc4ccc(C)c(NS(C)(=O)=O)c4)nc23)ccc1O. The van der Waals surface area contributed by atoms with Crippen molar-refractivity contribution in [2.24, 2.45) is 0 Å². The zero-order valence-corrected chi connectivity index (χ0v) is 17.5. The van der Waals surface area contributed by atoms with Gasteiger partial charge in [0.1, 0.15) is 11.6 Å². The fourth-order valence-corrected chi connectivity index (χ4v) is 3.74. The van der Waals surface area contributed by atoms with Gasteiger partial charge in [0, 0.05) is 17.4 Å². The predicted molar refractivity (Wildman–Crippen MR) is 118 cm³/mol. The summed E-state index contributed by atoms with van der Waals surface area (Å²) in [6.07, 6.45) is 4.65. The molecule has 9 heteroatoms. The molecular formula is C21H21N5O3S. The van der Waals surface area contributed by atoms with E-state index < -0.39 is 10.0 Å². The van der Waals surface area contributed by atoms with Crippen molar-refractivity contribution in [3.63, 3.8) is 0 Å². The maximum Gasteiger partial charge on any atom is 0.229 e. The Kier molecular flexibility index (Phi) is 4.83. The Labute approximate surface area is 174 Å². The lowest BCUT2D eigenvalue weighted by Gasteiger charge is -2.12. The van der Waals surface area contributed by atoms with Gasteiger partial charge in [-0.3, -0.25) is 4.72 Å². The maximum atomic E-state index is 11.6. The predicted octanol–water partition coefficient (Wildman–Crippen LogP) is 3.83. The smallest absolute Gasteiger partial charge is 0.229 e. The molecule has 0 aliphatic carbocycles. The molecule has 0 fully saturated rings. The molecule has 8 nitrogen and oxygen atoms in total. The molecule has 0 radical (unpaired) electrons. The van der Waals surface area contributed by atoms with Crippen LogP contribution in [0.4, 0.5) is 17.2 Å². The van der Waals surface area contributed by atoms with Gasteiger partial charge in [0.2, 0.25) is 10.0 Å². The average Bonchev–Trinajstić information content (AvgIpc) is 3.09. The fourth-order valence-electron chi connectivity index (χ4n) is 3.12. The molecular weight excluding hydrogens is 402 g/mol. The number of aromatic hydroxyl groups is 1. The summed E-state index contributed by atoms with van der Waals surface area (Å²) in [4.78, 5) is 4.67. The number of aryl methyl sites for hydroxylation is 2. The van der Waals surface area contributed by atoms with Crippen LogP contribution in [0.25, 0.3) is 16.8 Å². The van der Waals surface area contributed by atoms with Crippen LogP contribution in [0.5, 0.6) is 5.75 Å². The Morgan fingerprint density at radius 1 is 1.03 bits per heavy atom. The largest absolute Gasteiger partial charge is 0.508 e. The first-order valence-corrected chi connectivity index (χ1v) is 11.1. The van der Waals surface area contributed by atoms with Crippen molar-refractivity contribution in [2.45, 2.75) is 13.8 Å². The zero-order chi connectivity index (χ0) is 21.5. The number of aromatic nitrogens is 3. The van der Waals surface area contributed by atoms with Crippen LogP contribution in [0.15, 0.2) is 54.9 Å². The molecule has 154 valence electrons. The Bertz CT molecular complexity index is 1360. The van der Waals surface area contributed by atoms with E-state index in [9.17, 15) is 13.5 Å². The quantitative estimate of drug-likeness (QED) is 0.450. The molecule has 2 aromatic carbocycles. The van der Waals surface area contributed by atoms with Gasteiger partial charge in [-0.1, -0.05) is 12.1 Å². The van der Waals surface area contributed by atoms with Crippen LogP contribution in [-0.4, -0.2) is 34.4 Å². The topological polar surface area (TPSA) is 109 Å². The van der Waals surface area contributed by atoms with E-state index in [0.717, 1.165) is 28.5 Å². The van der Waals surface area contributed by atoms with Crippen LogP contribution in [0.2, 0.25) is 0 Å². The normalized spacial score (nSPS) is 11.6. The summed E-state index contributed by atoms with van der Waals surface area (Å²) in [7, 11) is -3.38. The van der Waals surface area contributed by atoms with Crippen molar-refractivity contribution < 1.29 is 13.5 Å². The molecule has 4 rings (SSSR count). The van der Waals surface area contributed by atoms with E-state index in [-0.39, 0.29) is 5.75 Å². The van der Waals surface area contributed by atoms with Crippen LogP contribution in [0.3, 0.4) is 0 Å². The summed E-state index contributed by atoms with van der Waals surface area (Å²) in [5.74, 6) is 0.831. The standard InChI is InChI=1S/C21H21N5O3S/c1-13-4-6-16(11-18(13)25-30(3,28)29)23-20-8-9-26-21(24-20)17(12-22-26)15-5-7-19(27)14(2)10-15/h4-12,25,27H,1-3H3,(H,23,24). The highest BCUT2D eigenvalue weighted by Crippen LogP contribution is 2.29. The first-order valence-electron chi connectivity index (χ1n) is 9.19. The number of anilines is 3. The Morgan fingerprint density at radius 2 is 1.83 bits per heavy atom. The number of sulfonamides is 1. The average molecular weight is 423 g/mol. The molecule has 0 unspecified atom stereocenters. The van der Waals surface area contributed by atoms with E-state index in [0.29, 0.717) is 22.8 Å². The van der Waals surface area contributed by atoms with E-state index in [1.165, 1.54) is 0 Å². The van der Waals surface area contributed by atoms with E-state index >= 15 is 0 Å². The summed E-state index contributed by atoms with van der Waals surface area (Å²) >= 11 is 0. The number of fused-ring (bicyclic) bond motifs is 1. The number of phenols is 1. The molecule has 0 saturated carbocycles. The van der Waals surface area contributed by atoms with Crippen molar-refractivity contribution in [1.29, 1.82) is 0 Å². The third kappa shape index (κ3) is 4.06. The number of hydrogen-bond donors (Lipinski definition) is 3. The summed E-state index contributed by atoms with van der Waals surface area (Å²) < 4.78 is 27.4. The molecule has 30 heavy (non-hydrogen) atoms. The summed E-state index contributed by atoms with van der Waals surface area (Å²) in [5, 5.41) is 17.3. The first-order chi connectivity index (χ1) is 14.2. The molecule has 0 spiro atoms. The molecule has 2 heterocycles. The number of nitrogens with one attached hydrogen (secondary N) is 2. The van der Waals surface area contributed by atoms with Gasteiger partial charge in [0.15, 0.2) is 5.65 Å². The molecule has 0 atom stereocenters. The molecule has 2 aromatic heterocycles. The van der Waals surface area contributed by atoms with E-state index in [1.807, 2.05) is 38.1 Å². The molecule has 0 saturated heterocycles. The molecule has 0 aliphatic heterocycles. The Balaban J connectivity index is 1.69. The Morgan fingerprint density at radius 3 is 2.57 bits per heavy atom. The second kappa shape index (κ2) is 7.34. The number of phenolic OH excluding ortho intramolecular Hbond substituents is 1. The third-order valence-electron chi connectivity index (χ3n) is 4.68. The molecule has 0 amide bonds. The lowest BCUT2D eigenvalue weighted by Crippen LogP contribution is -2.10. The van der Waals surface area contributed by atoms with Crippen molar-refractivity contribution in [1.82, 2.24) is 14.6 Å². The summed E-state index contributed by atoms with van der Waals surface area (Å²) in [6.45, 7) is 3.67. The van der Waals surface area contributed by atoms with Crippen LogP contribution in [0, 0.1) is 13.8 Å². The highest BCUT2D eigenvalue weighted by molar-refractivity contribution is 7.92. The zero-order valence-electron chi connectivity index (χ0n) is 16.7. The van der Waals surface area contributed by atoms with Crippen molar-refractivity contribution in [3.8, 4) is 16.9 Å². The number of nitrogens with zero attached hydrogens (tertiary/aromatic N) is 3. The second-order valence-corrected chi connectivity index (χ2v) is 8.92. The van der Waals surface area contributed by atoms with E-state index in [4.69, 9.17) is 0 Å². The molecule has 0 bridgehead atoms. The highest BCUT2D eigenvalue weighted by atomic mass is 32.2. The van der Waals surface area contributed by atoms with E-state index in [2.05, 4.69) is 20.1 Å². The lowest BCUT2D eigenvalue weighted by atomic mass is 10.1. The number of hydrogen-bond acceptors (Lipinski definition) is 6. The maximum absolute atomic E-state index is 11.6. The van der Waals surface area contributed by atoms with Crippen molar-refractivity contribution >= 4 is 32.9 Å². The van der Waals surface area contributed by atoms with Crippen molar-refractivity contribution in [3.05, 3.63) is 66.0 Å². The van der Waals surface area contributed by atoms with Gasteiger partial charge in [0.05, 0.1) is 18.1 Å². The van der Waals surface area contributed by atoms with Crippen LogP contribution >= 0.6 is 0 Å². The van der Waals surface area contributed by atoms with Crippen molar-refractivity contribution in [2.75, 3.05) is 16.3 Å². The van der Waals surface area contributed by atoms with Gasteiger partial charge in [-0.15, -0.1) is 0 Å². The number of benzene rings is 2. The van der Waals surface area contributed by atoms with Gasteiger partial charge < -0.3 is 10.4 Å². The summed E-state index contributed by atoms with van der Waals surface area (Å²) in [6, 6.07) is 12.6. The van der Waals surface area contributed by atoms with Crippen LogP contribution in [-0.2, 0) is 10.0 Å². The number of rotatable bonds is 5. The van der Waals surface area contributed by atoms with Gasteiger partial charge >= 0.3 is 0 Å². The minimum Gasteiger partial charge on any atom is -0.508 e. The summed E-state index contributed by atoms with van der Waals surface area (Å²) in [5.41, 5.74) is 5.19. The van der Waals surface area contributed by atoms with Gasteiger partial charge in [0.25, 0.3) is 0 Å². The van der Waals surface area contributed by atoms with Crippen LogP contribution in [0.1, 0.15) is 11.1 Å². The highest BCUT2D eigenvalue weighted by Gasteiger charge is 2.11. The van der Waals surface area contributed by atoms with Gasteiger partial charge in [-0.2, -0.15) is 5.10 Å².